The molecule has 0 radical (unpaired) electrons. The number of nitrogens with zero attached hydrogens (tertiary/aromatic N) is 6. The summed E-state index contributed by atoms with van der Waals surface area (Å²) in [5.74, 6) is 0.664. The lowest BCUT2D eigenvalue weighted by molar-refractivity contribution is -0.111. The zero-order chi connectivity index (χ0) is 22.9. The summed E-state index contributed by atoms with van der Waals surface area (Å²) in [4.78, 5) is 38.1. The third-order valence-electron chi connectivity index (χ3n) is 5.47. The van der Waals surface area contributed by atoms with Gasteiger partial charge in [0.25, 0.3) is 0 Å². The molecule has 0 spiro atoms. The molecule has 1 saturated carbocycles. The molecule has 3 amide bonds. The highest BCUT2D eigenvalue weighted by molar-refractivity contribution is 6.03. The summed E-state index contributed by atoms with van der Waals surface area (Å²) in [6.07, 6.45) is 10.4. The normalized spacial score (nSPS) is 15.6. The molecule has 0 atom stereocenters. The second kappa shape index (κ2) is 8.38. The number of allylic oxidation sites excluding steroid dienone is 1. The Morgan fingerprint density at radius 3 is 2.79 bits per heavy atom. The first-order valence-corrected chi connectivity index (χ1v) is 10.8. The van der Waals surface area contributed by atoms with Gasteiger partial charge in [0.1, 0.15) is 0 Å². The fraction of sp³-hybridized carbons (Fsp3) is 0.261. The number of benzene rings is 1. The number of rotatable bonds is 6. The van der Waals surface area contributed by atoms with Crippen molar-refractivity contribution in [1.82, 2.24) is 24.6 Å². The van der Waals surface area contributed by atoms with Crippen LogP contribution in [0.5, 0.6) is 0 Å². The zero-order valence-electron chi connectivity index (χ0n) is 18.4. The van der Waals surface area contributed by atoms with Gasteiger partial charge in [-0.2, -0.15) is 10.1 Å². The van der Waals surface area contributed by atoms with E-state index in [2.05, 4.69) is 25.7 Å². The maximum Gasteiger partial charge on any atom is 0.330 e. The van der Waals surface area contributed by atoms with E-state index in [4.69, 9.17) is 0 Å². The van der Waals surface area contributed by atoms with Crippen molar-refractivity contribution in [1.29, 1.82) is 0 Å². The van der Waals surface area contributed by atoms with Crippen molar-refractivity contribution in [2.45, 2.75) is 32.4 Å². The molecule has 168 valence electrons. The standard InChI is InChI=1S/C23H24N8O2/c1-3-5-20(32)26-16-6-4-7-19(10-16)31-21-15(13-30(23(31)33)18-8-9-18)11-24-22(28-21)27-17-12-25-29(2)14-17/h3-7,10-12,14,18H,8-9,13H2,1-2H3,(H,26,32)(H,24,27,28)/b5-3+. The molecule has 0 saturated heterocycles. The van der Waals surface area contributed by atoms with E-state index in [9.17, 15) is 9.59 Å². The van der Waals surface area contributed by atoms with Gasteiger partial charge in [0.05, 0.1) is 24.1 Å². The fourth-order valence-corrected chi connectivity index (χ4v) is 3.81. The molecule has 0 unspecified atom stereocenters. The summed E-state index contributed by atoms with van der Waals surface area (Å²) >= 11 is 0. The maximum absolute atomic E-state index is 13.5. The van der Waals surface area contributed by atoms with E-state index >= 15 is 0 Å². The second-order valence-electron chi connectivity index (χ2n) is 8.09. The lowest BCUT2D eigenvalue weighted by atomic mass is 10.1. The Labute approximate surface area is 190 Å². The van der Waals surface area contributed by atoms with E-state index in [0.717, 1.165) is 24.1 Å². The first kappa shape index (κ1) is 20.7. The molecule has 1 aliphatic carbocycles. The van der Waals surface area contributed by atoms with Crippen LogP contribution >= 0.6 is 0 Å². The molecule has 3 aromatic rings. The Morgan fingerprint density at radius 1 is 1.21 bits per heavy atom. The van der Waals surface area contributed by atoms with Crippen LogP contribution in [0.4, 0.5) is 33.6 Å². The van der Waals surface area contributed by atoms with Crippen LogP contribution in [-0.2, 0) is 18.4 Å². The Balaban J connectivity index is 1.52. The third kappa shape index (κ3) is 4.27. The highest BCUT2D eigenvalue weighted by Gasteiger charge is 2.41. The van der Waals surface area contributed by atoms with Crippen LogP contribution in [-0.4, -0.2) is 42.6 Å². The Morgan fingerprint density at radius 2 is 2.06 bits per heavy atom. The molecular formula is C23H24N8O2. The van der Waals surface area contributed by atoms with Crippen LogP contribution < -0.4 is 15.5 Å². The lowest BCUT2D eigenvalue weighted by Gasteiger charge is -2.36. The van der Waals surface area contributed by atoms with Gasteiger partial charge in [-0.1, -0.05) is 12.1 Å². The first-order valence-electron chi connectivity index (χ1n) is 10.8. The van der Waals surface area contributed by atoms with Crippen LogP contribution in [0, 0.1) is 0 Å². The van der Waals surface area contributed by atoms with Crippen molar-refractivity contribution in [2.24, 2.45) is 7.05 Å². The third-order valence-corrected chi connectivity index (χ3v) is 5.47. The van der Waals surface area contributed by atoms with Gasteiger partial charge >= 0.3 is 6.03 Å². The Bertz CT molecular complexity index is 1250. The fourth-order valence-electron chi connectivity index (χ4n) is 3.81. The van der Waals surface area contributed by atoms with Gasteiger partial charge in [-0.15, -0.1) is 0 Å². The molecule has 1 aliphatic heterocycles. The van der Waals surface area contributed by atoms with Crippen LogP contribution in [0.15, 0.2) is 55.0 Å². The molecular weight excluding hydrogens is 420 g/mol. The molecule has 5 rings (SSSR count). The molecule has 3 heterocycles. The van der Waals surface area contributed by atoms with Crippen molar-refractivity contribution in [3.8, 4) is 0 Å². The van der Waals surface area contributed by atoms with Gasteiger partial charge in [0.2, 0.25) is 11.9 Å². The molecule has 1 aromatic carbocycles. The summed E-state index contributed by atoms with van der Waals surface area (Å²) in [7, 11) is 1.83. The SMILES string of the molecule is C/C=C/C(=O)Nc1cccc(N2C(=O)N(C3CC3)Cc3cnc(Nc4cnn(C)c4)nc32)c1. The van der Waals surface area contributed by atoms with Crippen LogP contribution in [0.2, 0.25) is 0 Å². The van der Waals surface area contributed by atoms with E-state index in [1.54, 1.807) is 53.2 Å². The van der Waals surface area contributed by atoms with Crippen molar-refractivity contribution in [3.05, 3.63) is 60.6 Å². The van der Waals surface area contributed by atoms with E-state index < -0.39 is 0 Å². The number of carbonyl (C=O) groups is 2. The number of carbonyl (C=O) groups excluding carboxylic acids is 2. The van der Waals surface area contributed by atoms with Gasteiger partial charge in [-0.05, 0) is 44.0 Å². The van der Waals surface area contributed by atoms with Gasteiger partial charge in [-0.3, -0.25) is 9.48 Å². The number of hydrogen-bond acceptors (Lipinski definition) is 6. The number of hydrogen-bond donors (Lipinski definition) is 2. The lowest BCUT2D eigenvalue weighted by Crippen LogP contribution is -2.46. The number of fused-ring (bicyclic) bond motifs is 1. The number of amides is 3. The molecule has 2 aromatic heterocycles. The predicted octanol–water partition coefficient (Wildman–Crippen LogP) is 3.70. The summed E-state index contributed by atoms with van der Waals surface area (Å²) in [6.45, 7) is 2.25. The van der Waals surface area contributed by atoms with Crippen LogP contribution in [0.3, 0.4) is 0 Å². The molecule has 33 heavy (non-hydrogen) atoms. The van der Waals surface area contributed by atoms with E-state index in [-0.39, 0.29) is 18.0 Å². The van der Waals surface area contributed by atoms with Gasteiger partial charge < -0.3 is 15.5 Å². The van der Waals surface area contributed by atoms with E-state index in [1.165, 1.54) is 6.08 Å². The minimum atomic E-state index is -0.232. The summed E-state index contributed by atoms with van der Waals surface area (Å²) in [5, 5.41) is 10.1. The number of urea groups is 1. The quantitative estimate of drug-likeness (QED) is 0.561. The molecule has 1 fully saturated rings. The topological polar surface area (TPSA) is 108 Å². The molecule has 0 bridgehead atoms. The minimum absolute atomic E-state index is 0.132. The number of anilines is 5. The average Bonchev–Trinajstić information content (AvgIpc) is 3.55. The zero-order valence-corrected chi connectivity index (χ0v) is 18.4. The number of nitrogens with one attached hydrogen (secondary N) is 2. The Kier molecular flexibility index (Phi) is 5.25. The van der Waals surface area contributed by atoms with Crippen LogP contribution in [0.25, 0.3) is 0 Å². The molecule has 10 nitrogen and oxygen atoms in total. The van der Waals surface area contributed by atoms with Crippen molar-refractivity contribution in [3.63, 3.8) is 0 Å². The highest BCUT2D eigenvalue weighted by atomic mass is 16.2. The van der Waals surface area contributed by atoms with E-state index in [0.29, 0.717) is 29.7 Å². The first-order chi connectivity index (χ1) is 16.0. The Hall–Kier alpha value is -4.21. The van der Waals surface area contributed by atoms with Gasteiger partial charge in [0.15, 0.2) is 5.82 Å². The minimum Gasteiger partial charge on any atom is -0.322 e. The summed E-state index contributed by atoms with van der Waals surface area (Å²) in [6, 6.07) is 7.30. The van der Waals surface area contributed by atoms with Crippen molar-refractivity contribution >= 4 is 40.8 Å². The number of aryl methyl sites for hydroxylation is 1. The summed E-state index contributed by atoms with van der Waals surface area (Å²) in [5.41, 5.74) is 2.83. The number of aromatic nitrogens is 4. The summed E-state index contributed by atoms with van der Waals surface area (Å²) < 4.78 is 1.68. The predicted molar refractivity (Wildman–Crippen MR) is 125 cm³/mol. The van der Waals surface area contributed by atoms with Gasteiger partial charge in [0, 0.05) is 36.7 Å². The average molecular weight is 444 g/mol. The van der Waals surface area contributed by atoms with Crippen LogP contribution in [0.1, 0.15) is 25.3 Å². The highest BCUT2D eigenvalue weighted by Crippen LogP contribution is 2.39. The molecule has 10 heteroatoms. The molecule has 2 aliphatic rings. The largest absolute Gasteiger partial charge is 0.330 e. The van der Waals surface area contributed by atoms with Crippen molar-refractivity contribution in [2.75, 3.05) is 15.5 Å². The second-order valence-corrected chi connectivity index (χ2v) is 8.09. The monoisotopic (exact) mass is 444 g/mol. The smallest absolute Gasteiger partial charge is 0.322 e. The van der Waals surface area contributed by atoms with Crippen molar-refractivity contribution < 1.29 is 9.59 Å². The molecule has 2 N–H and O–H groups in total. The van der Waals surface area contributed by atoms with E-state index in [1.807, 2.05) is 24.2 Å². The van der Waals surface area contributed by atoms with Gasteiger partial charge in [-0.25, -0.2) is 14.7 Å². The maximum atomic E-state index is 13.5.